The minimum Gasteiger partial charge on any atom is -0.481 e. The smallest absolute Gasteiger partial charge is 0.303 e. The quantitative estimate of drug-likeness (QED) is 0.491. The summed E-state index contributed by atoms with van der Waals surface area (Å²) in [5.41, 5.74) is 3.82. The standard InChI is InChI=1S/C25H33FN2O3/c1-3-13-28(22-11-14-31-15-12-22)24-10-5-19(18(4-2)17-25(29)30)16-23(24)27-21-8-6-20(26)7-9-21/h5-10,16,18,22,27H,3-4,11-15,17H2,1-2H3,(H,29,30)/t18-/m1/s1. The number of nitrogens with one attached hydrogen (secondary N) is 1. The molecule has 0 aromatic heterocycles. The highest BCUT2D eigenvalue weighted by Crippen LogP contribution is 2.36. The zero-order valence-electron chi connectivity index (χ0n) is 18.4. The van der Waals surface area contributed by atoms with Gasteiger partial charge in [0.15, 0.2) is 0 Å². The Morgan fingerprint density at radius 2 is 1.90 bits per heavy atom. The van der Waals surface area contributed by atoms with E-state index >= 15 is 0 Å². The van der Waals surface area contributed by atoms with Crippen molar-refractivity contribution >= 4 is 23.0 Å². The summed E-state index contributed by atoms with van der Waals surface area (Å²) in [6, 6.07) is 13.0. The Hall–Kier alpha value is -2.60. The van der Waals surface area contributed by atoms with Crippen molar-refractivity contribution in [3.05, 3.63) is 53.8 Å². The molecule has 1 atom stereocenters. The largest absolute Gasteiger partial charge is 0.481 e. The first kappa shape index (κ1) is 23.1. The van der Waals surface area contributed by atoms with Gasteiger partial charge in [0.2, 0.25) is 0 Å². The van der Waals surface area contributed by atoms with E-state index in [9.17, 15) is 14.3 Å². The zero-order valence-corrected chi connectivity index (χ0v) is 18.4. The molecule has 0 bridgehead atoms. The van der Waals surface area contributed by atoms with E-state index in [4.69, 9.17) is 4.74 Å². The molecule has 2 N–H and O–H groups in total. The van der Waals surface area contributed by atoms with Crippen LogP contribution in [-0.4, -0.2) is 36.9 Å². The maximum absolute atomic E-state index is 13.4. The van der Waals surface area contributed by atoms with E-state index in [0.717, 1.165) is 68.1 Å². The molecule has 1 fully saturated rings. The van der Waals surface area contributed by atoms with Gasteiger partial charge >= 0.3 is 5.97 Å². The molecule has 31 heavy (non-hydrogen) atoms. The number of carbonyl (C=O) groups is 1. The summed E-state index contributed by atoms with van der Waals surface area (Å²) in [5.74, 6) is -1.12. The molecule has 0 saturated carbocycles. The number of carboxylic acid groups (broad SMARTS) is 1. The summed E-state index contributed by atoms with van der Waals surface area (Å²) in [4.78, 5) is 13.8. The molecular weight excluding hydrogens is 395 g/mol. The van der Waals surface area contributed by atoms with Gasteiger partial charge in [-0.3, -0.25) is 4.79 Å². The summed E-state index contributed by atoms with van der Waals surface area (Å²) in [6.45, 7) is 6.64. The number of aliphatic carboxylic acids is 1. The lowest BCUT2D eigenvalue weighted by Gasteiger charge is -2.37. The van der Waals surface area contributed by atoms with Gasteiger partial charge in [-0.05, 0) is 73.6 Å². The Labute approximate surface area is 184 Å². The second kappa shape index (κ2) is 11.1. The van der Waals surface area contributed by atoms with Gasteiger partial charge in [-0.1, -0.05) is 19.9 Å². The molecule has 0 amide bonds. The number of hydrogen-bond donors (Lipinski definition) is 2. The molecule has 1 aliphatic rings. The van der Waals surface area contributed by atoms with E-state index in [1.54, 1.807) is 12.1 Å². The summed E-state index contributed by atoms with van der Waals surface area (Å²) >= 11 is 0. The van der Waals surface area contributed by atoms with E-state index in [1.807, 2.05) is 6.92 Å². The third-order valence-electron chi connectivity index (χ3n) is 5.93. The molecular formula is C25H33FN2O3. The van der Waals surface area contributed by atoms with Gasteiger partial charge in [-0.25, -0.2) is 4.39 Å². The van der Waals surface area contributed by atoms with Gasteiger partial charge in [-0.2, -0.15) is 0 Å². The Balaban J connectivity index is 2.00. The van der Waals surface area contributed by atoms with Gasteiger partial charge in [-0.15, -0.1) is 0 Å². The number of benzene rings is 2. The molecule has 0 aliphatic carbocycles. The molecule has 0 spiro atoms. The summed E-state index contributed by atoms with van der Waals surface area (Å²) in [6.07, 6.45) is 3.83. The Bertz CT molecular complexity index is 850. The average Bonchev–Trinajstić information content (AvgIpc) is 2.78. The van der Waals surface area contributed by atoms with Gasteiger partial charge in [0, 0.05) is 31.5 Å². The molecule has 1 aliphatic heterocycles. The highest BCUT2D eigenvalue weighted by atomic mass is 19.1. The van der Waals surface area contributed by atoms with Crippen molar-refractivity contribution in [2.24, 2.45) is 0 Å². The van der Waals surface area contributed by atoms with E-state index in [2.05, 4.69) is 35.3 Å². The van der Waals surface area contributed by atoms with Crippen molar-refractivity contribution in [1.29, 1.82) is 0 Å². The van der Waals surface area contributed by atoms with E-state index < -0.39 is 5.97 Å². The van der Waals surface area contributed by atoms with Crippen LogP contribution < -0.4 is 10.2 Å². The third kappa shape index (κ3) is 6.20. The predicted molar refractivity (Wildman–Crippen MR) is 123 cm³/mol. The Morgan fingerprint density at radius 3 is 2.52 bits per heavy atom. The van der Waals surface area contributed by atoms with Crippen LogP contribution in [0.15, 0.2) is 42.5 Å². The van der Waals surface area contributed by atoms with Crippen LogP contribution in [0.25, 0.3) is 0 Å². The van der Waals surface area contributed by atoms with Crippen molar-refractivity contribution in [3.63, 3.8) is 0 Å². The molecule has 0 radical (unpaired) electrons. The van der Waals surface area contributed by atoms with Gasteiger partial charge in [0.25, 0.3) is 0 Å². The van der Waals surface area contributed by atoms with Crippen LogP contribution in [0.3, 0.4) is 0 Å². The lowest BCUT2D eigenvalue weighted by Crippen LogP contribution is -2.40. The lowest BCUT2D eigenvalue weighted by molar-refractivity contribution is -0.137. The summed E-state index contributed by atoms with van der Waals surface area (Å²) in [7, 11) is 0. The molecule has 6 heteroatoms. The van der Waals surface area contributed by atoms with Crippen molar-refractivity contribution in [3.8, 4) is 0 Å². The van der Waals surface area contributed by atoms with Crippen molar-refractivity contribution < 1.29 is 19.0 Å². The number of carboxylic acids is 1. The number of anilines is 3. The van der Waals surface area contributed by atoms with Crippen LogP contribution >= 0.6 is 0 Å². The number of rotatable bonds is 10. The van der Waals surface area contributed by atoms with Crippen molar-refractivity contribution in [1.82, 2.24) is 0 Å². The van der Waals surface area contributed by atoms with Crippen LogP contribution in [0.4, 0.5) is 21.5 Å². The molecule has 1 heterocycles. The lowest BCUT2D eigenvalue weighted by atomic mass is 9.92. The van der Waals surface area contributed by atoms with Crippen molar-refractivity contribution in [2.45, 2.75) is 57.9 Å². The molecule has 5 nitrogen and oxygen atoms in total. The molecule has 3 rings (SSSR count). The number of hydrogen-bond acceptors (Lipinski definition) is 4. The topological polar surface area (TPSA) is 61.8 Å². The molecule has 168 valence electrons. The van der Waals surface area contributed by atoms with E-state index in [0.29, 0.717) is 6.04 Å². The Morgan fingerprint density at radius 1 is 1.19 bits per heavy atom. The third-order valence-corrected chi connectivity index (χ3v) is 5.93. The maximum Gasteiger partial charge on any atom is 0.303 e. The highest BCUT2D eigenvalue weighted by Gasteiger charge is 2.24. The van der Waals surface area contributed by atoms with Gasteiger partial charge < -0.3 is 20.1 Å². The fourth-order valence-electron chi connectivity index (χ4n) is 4.29. The van der Waals surface area contributed by atoms with Crippen LogP contribution in [0.1, 0.15) is 57.4 Å². The predicted octanol–water partition coefficient (Wildman–Crippen LogP) is 5.93. The first-order chi connectivity index (χ1) is 15.0. The fraction of sp³-hybridized carbons (Fsp3) is 0.480. The zero-order chi connectivity index (χ0) is 22.2. The van der Waals surface area contributed by atoms with Gasteiger partial charge in [0.1, 0.15) is 5.82 Å². The molecule has 0 unspecified atom stereocenters. The maximum atomic E-state index is 13.4. The highest BCUT2D eigenvalue weighted by molar-refractivity contribution is 5.77. The minimum atomic E-state index is -0.793. The van der Waals surface area contributed by atoms with Crippen LogP contribution in [-0.2, 0) is 9.53 Å². The number of ether oxygens (including phenoxy) is 1. The monoisotopic (exact) mass is 428 g/mol. The number of nitrogens with zero attached hydrogens (tertiary/aromatic N) is 1. The second-order valence-electron chi connectivity index (χ2n) is 8.15. The summed E-state index contributed by atoms with van der Waals surface area (Å²) < 4.78 is 19.0. The minimum absolute atomic E-state index is 0.0528. The van der Waals surface area contributed by atoms with Crippen molar-refractivity contribution in [2.75, 3.05) is 30.0 Å². The summed E-state index contributed by atoms with van der Waals surface area (Å²) in [5, 5.41) is 12.8. The van der Waals surface area contributed by atoms with Gasteiger partial charge in [0.05, 0.1) is 17.8 Å². The van der Waals surface area contributed by atoms with Crippen LogP contribution in [0, 0.1) is 5.82 Å². The Kier molecular flexibility index (Phi) is 8.29. The second-order valence-corrected chi connectivity index (χ2v) is 8.15. The van der Waals surface area contributed by atoms with E-state index in [1.165, 1.54) is 12.1 Å². The van der Waals surface area contributed by atoms with E-state index in [-0.39, 0.29) is 18.2 Å². The van der Waals surface area contributed by atoms with Crippen LogP contribution in [0.2, 0.25) is 0 Å². The first-order valence-electron chi connectivity index (χ1n) is 11.2. The molecule has 2 aromatic rings. The first-order valence-corrected chi connectivity index (χ1v) is 11.2. The average molecular weight is 429 g/mol. The normalized spacial score (nSPS) is 15.5. The van der Waals surface area contributed by atoms with Crippen LogP contribution in [0.5, 0.6) is 0 Å². The molecule has 1 saturated heterocycles. The molecule has 2 aromatic carbocycles. The fourth-order valence-corrected chi connectivity index (χ4v) is 4.29. The number of halogens is 1. The SMILES string of the molecule is CCCN(c1ccc([C@H](CC)CC(=O)O)cc1Nc1ccc(F)cc1)C1CCOCC1.